The molecular formula is C19H18N2OS2. The van der Waals surface area contributed by atoms with Gasteiger partial charge < -0.3 is 5.32 Å². The van der Waals surface area contributed by atoms with Gasteiger partial charge in [0.1, 0.15) is 0 Å². The van der Waals surface area contributed by atoms with Crippen LogP contribution in [0, 0.1) is 0 Å². The number of thiazole rings is 1. The fourth-order valence-corrected chi connectivity index (χ4v) is 3.80. The van der Waals surface area contributed by atoms with Crippen LogP contribution in [-0.4, -0.2) is 17.1 Å². The van der Waals surface area contributed by atoms with Crippen molar-refractivity contribution in [1.82, 2.24) is 4.98 Å². The largest absolute Gasteiger partial charge is 0.301 e. The Hall–Kier alpha value is -2.11. The maximum absolute atomic E-state index is 12.9. The summed E-state index contributed by atoms with van der Waals surface area (Å²) in [6.45, 7) is 0. The zero-order valence-corrected chi connectivity index (χ0v) is 14.9. The maximum Gasteiger partial charge on any atom is 0.238 e. The molecule has 1 amide bonds. The lowest BCUT2D eigenvalue weighted by Gasteiger charge is -2.17. The summed E-state index contributed by atoms with van der Waals surface area (Å²) in [5.74, 6) is 0.449. The van der Waals surface area contributed by atoms with Crippen molar-refractivity contribution in [1.29, 1.82) is 0 Å². The van der Waals surface area contributed by atoms with Crippen LogP contribution >= 0.6 is 23.1 Å². The average Bonchev–Trinajstić information content (AvgIpc) is 3.04. The second-order valence-electron chi connectivity index (χ2n) is 5.32. The molecule has 3 aromatic rings. The average molecular weight is 355 g/mol. The molecule has 1 N–H and O–H groups in total. The Morgan fingerprint density at radius 1 is 1.08 bits per heavy atom. The summed E-state index contributed by atoms with van der Waals surface area (Å²) in [6.07, 6.45) is 2.04. The molecule has 0 saturated carbocycles. The number of anilines is 1. The number of hydrogen-bond acceptors (Lipinski definition) is 4. The van der Waals surface area contributed by atoms with E-state index in [0.717, 1.165) is 22.6 Å². The van der Waals surface area contributed by atoms with E-state index in [4.69, 9.17) is 0 Å². The first-order chi connectivity index (χ1) is 11.8. The molecule has 2 aromatic carbocycles. The highest BCUT2D eigenvalue weighted by atomic mass is 32.2. The number of nitrogens with zero attached hydrogens (tertiary/aromatic N) is 1. The summed E-state index contributed by atoms with van der Waals surface area (Å²) >= 11 is 3.19. The molecule has 0 unspecified atom stereocenters. The van der Waals surface area contributed by atoms with E-state index in [0.29, 0.717) is 5.13 Å². The minimum absolute atomic E-state index is 0.0579. The van der Waals surface area contributed by atoms with Crippen LogP contribution in [0.3, 0.4) is 0 Å². The van der Waals surface area contributed by atoms with Crippen molar-refractivity contribution in [3.63, 3.8) is 0 Å². The fourth-order valence-electron chi connectivity index (χ4n) is 2.54. The van der Waals surface area contributed by atoms with Crippen LogP contribution in [0.5, 0.6) is 0 Å². The van der Waals surface area contributed by atoms with E-state index in [1.54, 1.807) is 11.8 Å². The van der Waals surface area contributed by atoms with E-state index >= 15 is 0 Å². The number of amides is 1. The molecule has 3 nitrogen and oxygen atoms in total. The molecule has 24 heavy (non-hydrogen) atoms. The molecule has 0 bridgehead atoms. The third-order valence-corrected chi connectivity index (χ3v) is 4.99. The van der Waals surface area contributed by atoms with Gasteiger partial charge in [-0.1, -0.05) is 60.7 Å². The first-order valence-corrected chi connectivity index (χ1v) is 9.89. The van der Waals surface area contributed by atoms with Crippen molar-refractivity contribution < 1.29 is 4.79 Å². The van der Waals surface area contributed by atoms with Crippen LogP contribution in [0.25, 0.3) is 0 Å². The van der Waals surface area contributed by atoms with Gasteiger partial charge in [-0.3, -0.25) is 4.79 Å². The molecule has 0 radical (unpaired) electrons. The van der Waals surface area contributed by atoms with Crippen LogP contribution in [-0.2, 0) is 10.5 Å². The fraction of sp³-hybridized carbons (Fsp3) is 0.158. The summed E-state index contributed by atoms with van der Waals surface area (Å²) in [6, 6.07) is 19.7. The molecule has 122 valence electrons. The van der Waals surface area contributed by atoms with E-state index < -0.39 is 0 Å². The van der Waals surface area contributed by atoms with Crippen molar-refractivity contribution in [3.05, 3.63) is 82.9 Å². The van der Waals surface area contributed by atoms with Crippen LogP contribution in [0.4, 0.5) is 5.13 Å². The number of nitrogens with one attached hydrogen (secondary N) is 1. The Balaban J connectivity index is 1.86. The zero-order chi connectivity index (χ0) is 16.8. The minimum Gasteiger partial charge on any atom is -0.301 e. The zero-order valence-electron chi connectivity index (χ0n) is 13.3. The van der Waals surface area contributed by atoms with Crippen LogP contribution < -0.4 is 5.32 Å². The predicted molar refractivity (Wildman–Crippen MR) is 103 cm³/mol. The van der Waals surface area contributed by atoms with Gasteiger partial charge in [0.15, 0.2) is 5.13 Å². The lowest BCUT2D eigenvalue weighted by atomic mass is 9.90. The summed E-state index contributed by atoms with van der Waals surface area (Å²) in [5, 5.41) is 5.62. The number of rotatable bonds is 6. The summed E-state index contributed by atoms with van der Waals surface area (Å²) in [5.41, 5.74) is 2.95. The van der Waals surface area contributed by atoms with E-state index in [-0.39, 0.29) is 11.8 Å². The van der Waals surface area contributed by atoms with Crippen molar-refractivity contribution in [2.75, 3.05) is 11.6 Å². The van der Waals surface area contributed by atoms with Gasteiger partial charge in [0.2, 0.25) is 5.91 Å². The van der Waals surface area contributed by atoms with Gasteiger partial charge in [0, 0.05) is 11.1 Å². The van der Waals surface area contributed by atoms with Gasteiger partial charge in [-0.2, -0.15) is 11.8 Å². The molecule has 0 spiro atoms. The molecule has 0 saturated heterocycles. The number of carbonyl (C=O) groups is 1. The normalized spacial score (nSPS) is 10.8. The highest BCUT2D eigenvalue weighted by Crippen LogP contribution is 2.27. The standard InChI is InChI=1S/C19H18N2OS2/c1-23-12-16-13-24-19(20-16)21-18(22)17(14-8-4-2-5-9-14)15-10-6-3-7-11-15/h2-11,13,17H,12H2,1H3,(H,20,21,22). The van der Waals surface area contributed by atoms with Gasteiger partial charge in [-0.15, -0.1) is 11.3 Å². The maximum atomic E-state index is 12.9. The summed E-state index contributed by atoms with van der Waals surface area (Å²) in [4.78, 5) is 17.4. The Labute approximate surface area is 150 Å². The second-order valence-corrected chi connectivity index (χ2v) is 7.04. The Kier molecular flexibility index (Phi) is 5.67. The number of carbonyl (C=O) groups excluding carboxylic acids is 1. The Morgan fingerprint density at radius 3 is 2.21 bits per heavy atom. The third-order valence-electron chi connectivity index (χ3n) is 3.60. The molecule has 0 fully saturated rings. The topological polar surface area (TPSA) is 42.0 Å². The van der Waals surface area contributed by atoms with E-state index in [1.807, 2.05) is 72.3 Å². The van der Waals surface area contributed by atoms with Crippen molar-refractivity contribution >= 4 is 34.1 Å². The molecule has 1 aromatic heterocycles. The minimum atomic E-state index is -0.347. The van der Waals surface area contributed by atoms with Gasteiger partial charge in [-0.05, 0) is 17.4 Å². The van der Waals surface area contributed by atoms with Crippen molar-refractivity contribution in [3.8, 4) is 0 Å². The lowest BCUT2D eigenvalue weighted by molar-refractivity contribution is -0.116. The summed E-state index contributed by atoms with van der Waals surface area (Å²) in [7, 11) is 0. The molecule has 0 aliphatic rings. The van der Waals surface area contributed by atoms with E-state index in [2.05, 4.69) is 10.3 Å². The van der Waals surface area contributed by atoms with E-state index in [1.165, 1.54) is 11.3 Å². The number of thioether (sulfide) groups is 1. The van der Waals surface area contributed by atoms with Crippen molar-refractivity contribution in [2.24, 2.45) is 0 Å². The Bertz CT molecular complexity index is 748. The SMILES string of the molecule is CSCc1csc(NC(=O)C(c2ccccc2)c2ccccc2)n1. The Morgan fingerprint density at radius 2 is 1.67 bits per heavy atom. The van der Waals surface area contributed by atoms with Crippen LogP contribution in [0.15, 0.2) is 66.0 Å². The van der Waals surface area contributed by atoms with Gasteiger partial charge >= 0.3 is 0 Å². The van der Waals surface area contributed by atoms with E-state index in [9.17, 15) is 4.79 Å². The molecule has 3 rings (SSSR count). The molecule has 0 atom stereocenters. The quantitative estimate of drug-likeness (QED) is 0.693. The van der Waals surface area contributed by atoms with Crippen molar-refractivity contribution in [2.45, 2.75) is 11.7 Å². The van der Waals surface area contributed by atoms with Gasteiger partial charge in [-0.25, -0.2) is 4.98 Å². The van der Waals surface area contributed by atoms with Crippen LogP contribution in [0.1, 0.15) is 22.7 Å². The second kappa shape index (κ2) is 8.13. The smallest absolute Gasteiger partial charge is 0.238 e. The number of hydrogen-bond donors (Lipinski definition) is 1. The highest BCUT2D eigenvalue weighted by Gasteiger charge is 2.23. The number of aromatic nitrogens is 1. The molecule has 5 heteroatoms. The monoisotopic (exact) mass is 354 g/mol. The summed E-state index contributed by atoms with van der Waals surface area (Å²) < 4.78 is 0. The van der Waals surface area contributed by atoms with Gasteiger partial charge in [0.05, 0.1) is 11.6 Å². The first-order valence-electron chi connectivity index (χ1n) is 7.62. The lowest BCUT2D eigenvalue weighted by Crippen LogP contribution is -2.22. The predicted octanol–water partition coefficient (Wildman–Crippen LogP) is 4.78. The number of benzene rings is 2. The first kappa shape index (κ1) is 16.7. The van der Waals surface area contributed by atoms with Gasteiger partial charge in [0.25, 0.3) is 0 Å². The molecule has 0 aliphatic heterocycles. The van der Waals surface area contributed by atoms with Crippen LogP contribution in [0.2, 0.25) is 0 Å². The highest BCUT2D eigenvalue weighted by molar-refractivity contribution is 7.97. The third kappa shape index (κ3) is 4.04. The molecular weight excluding hydrogens is 336 g/mol. The molecule has 1 heterocycles. The molecule has 0 aliphatic carbocycles.